The second kappa shape index (κ2) is 10.9. The maximum Gasteiger partial charge on any atom is 0.253 e. The molecule has 5 heteroatoms. The average molecular weight is 485 g/mol. The number of amides is 1. The number of nitrogens with zero attached hydrogens (tertiary/aromatic N) is 2. The summed E-state index contributed by atoms with van der Waals surface area (Å²) in [5, 5.41) is 0.978. The van der Waals surface area contributed by atoms with Crippen molar-refractivity contribution in [2.75, 3.05) is 13.1 Å². The fourth-order valence-electron chi connectivity index (χ4n) is 4.84. The number of rotatable bonds is 8. The normalized spacial score (nSPS) is 14.5. The molecule has 4 nitrogen and oxygen atoms in total. The quantitative estimate of drug-likeness (QED) is 0.326. The van der Waals surface area contributed by atoms with E-state index in [0.29, 0.717) is 37.2 Å². The number of allylic oxidation sites excluding steroid dienone is 6. The van der Waals surface area contributed by atoms with Crippen LogP contribution in [0, 0.1) is 5.82 Å². The molecule has 0 bridgehead atoms. The zero-order chi connectivity index (χ0) is 25.8. The Morgan fingerprint density at radius 3 is 2.58 bits per heavy atom. The van der Waals surface area contributed by atoms with Crippen molar-refractivity contribution in [3.05, 3.63) is 101 Å². The van der Waals surface area contributed by atoms with Gasteiger partial charge in [-0.3, -0.25) is 4.79 Å². The first-order valence-electron chi connectivity index (χ1n) is 12.6. The van der Waals surface area contributed by atoms with Gasteiger partial charge in [0.05, 0.1) is 0 Å². The van der Waals surface area contributed by atoms with Gasteiger partial charge in [0.2, 0.25) is 0 Å². The van der Waals surface area contributed by atoms with Crippen LogP contribution >= 0.6 is 0 Å². The highest BCUT2D eigenvalue weighted by Gasteiger charge is 2.19. The third-order valence-corrected chi connectivity index (χ3v) is 7.01. The molecule has 36 heavy (non-hydrogen) atoms. The maximum absolute atomic E-state index is 14.4. The standard InChI is InChI=1S/C31H33FN2O2/c1-5-33(6-2)31(36)24-14-15-27-28(22(4)20-35)19-34(30(27)17-24)18-25-11-9-10-23(16-21(25)3)26-12-7-8-13-29(26)32/h7-8,10-17,19-20,22H,5-6,9,18H2,1-4H3. The molecule has 0 saturated heterocycles. The zero-order valence-electron chi connectivity index (χ0n) is 21.4. The van der Waals surface area contributed by atoms with Crippen LogP contribution in [-0.4, -0.2) is 34.7 Å². The minimum absolute atomic E-state index is 0.00289. The van der Waals surface area contributed by atoms with Crippen molar-refractivity contribution in [3.8, 4) is 0 Å². The number of aromatic nitrogens is 1. The molecule has 1 unspecified atom stereocenters. The third-order valence-electron chi connectivity index (χ3n) is 7.01. The van der Waals surface area contributed by atoms with Gasteiger partial charge in [-0.1, -0.05) is 49.4 Å². The molecule has 3 aromatic rings. The first-order chi connectivity index (χ1) is 17.4. The van der Waals surface area contributed by atoms with Gasteiger partial charge < -0.3 is 14.3 Å². The summed E-state index contributed by atoms with van der Waals surface area (Å²) in [7, 11) is 0. The van der Waals surface area contributed by atoms with E-state index in [1.54, 1.807) is 17.0 Å². The highest BCUT2D eigenvalue weighted by Crippen LogP contribution is 2.32. The van der Waals surface area contributed by atoms with Crippen LogP contribution in [0.1, 0.15) is 61.5 Å². The largest absolute Gasteiger partial charge is 0.343 e. The fraction of sp³-hybridized carbons (Fsp3) is 0.290. The smallest absolute Gasteiger partial charge is 0.253 e. The van der Waals surface area contributed by atoms with Crippen LogP contribution < -0.4 is 0 Å². The molecular formula is C31H33FN2O2. The second-order valence-corrected chi connectivity index (χ2v) is 9.28. The van der Waals surface area contributed by atoms with Gasteiger partial charge in [-0.2, -0.15) is 0 Å². The fourth-order valence-corrected chi connectivity index (χ4v) is 4.84. The Bertz CT molecular complexity index is 1390. The predicted molar refractivity (Wildman–Crippen MR) is 145 cm³/mol. The SMILES string of the molecule is CCN(CC)C(=O)c1ccc2c(C(C)C=O)cn(CC3=CCC=C(c4ccccc4F)C=C3C)c2c1. The summed E-state index contributed by atoms with van der Waals surface area (Å²) in [4.78, 5) is 26.5. The van der Waals surface area contributed by atoms with Gasteiger partial charge >= 0.3 is 0 Å². The lowest BCUT2D eigenvalue weighted by Gasteiger charge is -2.19. The van der Waals surface area contributed by atoms with Crippen LogP contribution in [0.5, 0.6) is 0 Å². The second-order valence-electron chi connectivity index (χ2n) is 9.28. The number of carbonyl (C=O) groups excluding carboxylic acids is 2. The van der Waals surface area contributed by atoms with Crippen molar-refractivity contribution in [1.82, 2.24) is 9.47 Å². The van der Waals surface area contributed by atoms with Gasteiger partial charge in [-0.15, -0.1) is 0 Å². The summed E-state index contributed by atoms with van der Waals surface area (Å²) in [5.74, 6) is -0.485. The summed E-state index contributed by atoms with van der Waals surface area (Å²) in [6, 6.07) is 12.6. The molecule has 2 aromatic carbocycles. The molecule has 1 aromatic heterocycles. The first-order valence-corrected chi connectivity index (χ1v) is 12.6. The predicted octanol–water partition coefficient (Wildman–Crippen LogP) is 6.92. The first kappa shape index (κ1) is 25.4. The van der Waals surface area contributed by atoms with Crippen molar-refractivity contribution in [2.45, 2.75) is 46.6 Å². The Hall–Kier alpha value is -3.73. The Morgan fingerprint density at radius 2 is 1.89 bits per heavy atom. The minimum atomic E-state index is -0.257. The van der Waals surface area contributed by atoms with E-state index in [-0.39, 0.29) is 17.6 Å². The summed E-state index contributed by atoms with van der Waals surface area (Å²) < 4.78 is 16.6. The number of aldehydes is 1. The Balaban J connectivity index is 1.73. The van der Waals surface area contributed by atoms with Gasteiger partial charge in [-0.05, 0) is 67.7 Å². The summed E-state index contributed by atoms with van der Waals surface area (Å²) in [5.41, 5.74) is 6.17. The number of hydrogen-bond acceptors (Lipinski definition) is 2. The van der Waals surface area contributed by atoms with Crippen LogP contribution in [0.25, 0.3) is 16.5 Å². The van der Waals surface area contributed by atoms with Crippen LogP contribution in [0.15, 0.2) is 78.0 Å². The lowest BCUT2D eigenvalue weighted by atomic mass is 10.0. The van der Waals surface area contributed by atoms with E-state index in [4.69, 9.17) is 0 Å². The lowest BCUT2D eigenvalue weighted by Crippen LogP contribution is -2.30. The van der Waals surface area contributed by atoms with Crippen molar-refractivity contribution < 1.29 is 14.0 Å². The molecule has 0 N–H and O–H groups in total. The molecule has 0 radical (unpaired) electrons. The molecule has 1 atom stereocenters. The molecule has 0 fully saturated rings. The molecule has 1 aliphatic rings. The van der Waals surface area contributed by atoms with E-state index in [0.717, 1.165) is 39.5 Å². The third kappa shape index (κ3) is 4.97. The van der Waals surface area contributed by atoms with E-state index in [1.807, 2.05) is 70.3 Å². The molecule has 0 spiro atoms. The summed E-state index contributed by atoms with van der Waals surface area (Å²) >= 11 is 0. The molecule has 4 rings (SSSR count). The van der Waals surface area contributed by atoms with E-state index in [1.165, 1.54) is 6.07 Å². The average Bonchev–Trinajstić information content (AvgIpc) is 3.14. The minimum Gasteiger partial charge on any atom is -0.343 e. The molecule has 0 aliphatic heterocycles. The number of benzene rings is 2. The van der Waals surface area contributed by atoms with E-state index in [2.05, 4.69) is 10.6 Å². The van der Waals surface area contributed by atoms with Gasteiger partial charge in [-0.25, -0.2) is 4.39 Å². The Morgan fingerprint density at radius 1 is 1.14 bits per heavy atom. The molecule has 1 aliphatic carbocycles. The van der Waals surface area contributed by atoms with Crippen LogP contribution in [-0.2, 0) is 11.3 Å². The topological polar surface area (TPSA) is 42.3 Å². The highest BCUT2D eigenvalue weighted by atomic mass is 19.1. The number of fused-ring (bicyclic) bond motifs is 1. The van der Waals surface area contributed by atoms with E-state index in [9.17, 15) is 14.0 Å². The number of halogens is 1. The van der Waals surface area contributed by atoms with Gasteiger partial charge in [0.1, 0.15) is 12.1 Å². The maximum atomic E-state index is 14.4. The van der Waals surface area contributed by atoms with E-state index < -0.39 is 0 Å². The lowest BCUT2D eigenvalue weighted by molar-refractivity contribution is -0.108. The molecule has 1 amide bonds. The Kier molecular flexibility index (Phi) is 7.68. The van der Waals surface area contributed by atoms with Crippen molar-refractivity contribution >= 4 is 28.7 Å². The van der Waals surface area contributed by atoms with Crippen molar-refractivity contribution in [1.29, 1.82) is 0 Å². The molecule has 1 heterocycles. The van der Waals surface area contributed by atoms with Crippen molar-refractivity contribution in [2.24, 2.45) is 0 Å². The zero-order valence-corrected chi connectivity index (χ0v) is 21.4. The van der Waals surface area contributed by atoms with Gasteiger partial charge in [0.25, 0.3) is 5.91 Å². The van der Waals surface area contributed by atoms with Crippen LogP contribution in [0.3, 0.4) is 0 Å². The molecule has 186 valence electrons. The number of carbonyl (C=O) groups is 2. The van der Waals surface area contributed by atoms with Crippen LogP contribution in [0.2, 0.25) is 0 Å². The monoisotopic (exact) mass is 484 g/mol. The summed E-state index contributed by atoms with van der Waals surface area (Å²) in [6.07, 6.45) is 9.92. The molecular weight excluding hydrogens is 451 g/mol. The van der Waals surface area contributed by atoms with E-state index >= 15 is 0 Å². The molecule has 0 saturated carbocycles. The summed E-state index contributed by atoms with van der Waals surface area (Å²) in [6.45, 7) is 9.77. The van der Waals surface area contributed by atoms with Crippen molar-refractivity contribution in [3.63, 3.8) is 0 Å². The van der Waals surface area contributed by atoms with Gasteiger partial charge in [0, 0.05) is 53.8 Å². The highest BCUT2D eigenvalue weighted by molar-refractivity contribution is 5.99. The number of hydrogen-bond donors (Lipinski definition) is 0. The Labute approximate surface area is 212 Å². The van der Waals surface area contributed by atoms with Crippen LogP contribution in [0.4, 0.5) is 4.39 Å². The van der Waals surface area contributed by atoms with Gasteiger partial charge in [0.15, 0.2) is 0 Å².